The second-order valence-corrected chi connectivity index (χ2v) is 6.30. The number of non-ortho nitro benzene ring substituents is 1. The fourth-order valence-corrected chi connectivity index (χ4v) is 3.15. The topological polar surface area (TPSA) is 110 Å². The molecule has 4 amide bonds. The van der Waals surface area contributed by atoms with E-state index in [0.717, 1.165) is 15.7 Å². The van der Waals surface area contributed by atoms with Crippen LogP contribution in [0.4, 0.5) is 16.2 Å². The Morgan fingerprint density at radius 1 is 0.897 bits per heavy atom. The van der Waals surface area contributed by atoms with Crippen LogP contribution < -0.4 is 10.2 Å². The number of barbiturate groups is 1. The highest BCUT2D eigenvalue weighted by Crippen LogP contribution is 2.26. The number of imide groups is 2. The number of rotatable bonds is 3. The van der Waals surface area contributed by atoms with Gasteiger partial charge in [-0.05, 0) is 34.5 Å². The summed E-state index contributed by atoms with van der Waals surface area (Å²) in [6.45, 7) is 0. The third-order valence-electron chi connectivity index (χ3n) is 4.54. The van der Waals surface area contributed by atoms with Gasteiger partial charge in [0.1, 0.15) is 5.57 Å². The zero-order chi connectivity index (χ0) is 20.5. The molecule has 0 spiro atoms. The average Bonchev–Trinajstić information content (AvgIpc) is 2.71. The van der Waals surface area contributed by atoms with Gasteiger partial charge in [-0.15, -0.1) is 0 Å². The molecular weight excluding hydrogens is 374 g/mol. The van der Waals surface area contributed by atoms with Crippen LogP contribution in [-0.2, 0) is 9.59 Å². The number of nitrogens with zero attached hydrogens (tertiary/aromatic N) is 2. The number of amides is 4. The van der Waals surface area contributed by atoms with E-state index in [9.17, 15) is 24.5 Å². The molecule has 1 saturated heterocycles. The van der Waals surface area contributed by atoms with Gasteiger partial charge < -0.3 is 0 Å². The lowest BCUT2D eigenvalue weighted by Crippen LogP contribution is -2.54. The molecule has 1 fully saturated rings. The van der Waals surface area contributed by atoms with Crippen molar-refractivity contribution in [3.8, 4) is 0 Å². The summed E-state index contributed by atoms with van der Waals surface area (Å²) < 4.78 is 0. The Labute approximate surface area is 164 Å². The zero-order valence-electron chi connectivity index (χ0n) is 14.9. The Bertz CT molecular complexity index is 1210. The van der Waals surface area contributed by atoms with E-state index in [1.807, 2.05) is 30.3 Å². The van der Waals surface area contributed by atoms with E-state index >= 15 is 0 Å². The molecule has 4 rings (SSSR count). The first-order valence-corrected chi connectivity index (χ1v) is 8.59. The predicted octanol–water partition coefficient (Wildman–Crippen LogP) is 3.41. The van der Waals surface area contributed by atoms with Crippen LogP contribution >= 0.6 is 0 Å². The maximum Gasteiger partial charge on any atom is 0.335 e. The van der Waals surface area contributed by atoms with Crippen LogP contribution in [0, 0.1) is 10.1 Å². The number of hydrogen-bond donors (Lipinski definition) is 1. The molecule has 8 heteroatoms. The standard InChI is InChI=1S/C21H13N3O5/c25-19-18(12-14-6-3-5-13-4-1-2-7-17(13)14)20(26)23(21(27)22-19)15-8-10-16(11-9-15)24(28)29/h1-12H,(H,22,25,27). The van der Waals surface area contributed by atoms with E-state index in [4.69, 9.17) is 0 Å². The number of carbonyl (C=O) groups excluding carboxylic acids is 3. The fourth-order valence-electron chi connectivity index (χ4n) is 3.15. The van der Waals surface area contributed by atoms with Crippen LogP contribution in [0.25, 0.3) is 16.8 Å². The van der Waals surface area contributed by atoms with Crippen molar-refractivity contribution in [1.82, 2.24) is 5.32 Å². The first-order valence-electron chi connectivity index (χ1n) is 8.59. The number of anilines is 1. The summed E-state index contributed by atoms with van der Waals surface area (Å²) in [7, 11) is 0. The molecule has 0 aliphatic carbocycles. The molecule has 3 aromatic rings. The van der Waals surface area contributed by atoms with Crippen LogP contribution in [0.15, 0.2) is 72.3 Å². The minimum atomic E-state index is -0.913. The van der Waals surface area contributed by atoms with Crippen molar-refractivity contribution in [3.63, 3.8) is 0 Å². The number of nitro groups is 1. The van der Waals surface area contributed by atoms with E-state index in [-0.39, 0.29) is 16.9 Å². The number of carbonyl (C=O) groups is 3. The summed E-state index contributed by atoms with van der Waals surface area (Å²) in [5.41, 5.74) is 0.384. The molecule has 0 bridgehead atoms. The molecular formula is C21H13N3O5. The summed E-state index contributed by atoms with van der Waals surface area (Å²) in [6.07, 6.45) is 1.44. The summed E-state index contributed by atoms with van der Waals surface area (Å²) in [5.74, 6) is -1.60. The highest BCUT2D eigenvalue weighted by Gasteiger charge is 2.37. The minimum Gasteiger partial charge on any atom is -0.273 e. The Balaban J connectivity index is 1.77. The second kappa shape index (κ2) is 7.01. The molecule has 8 nitrogen and oxygen atoms in total. The molecule has 0 aromatic heterocycles. The van der Waals surface area contributed by atoms with Crippen LogP contribution in [0.5, 0.6) is 0 Å². The van der Waals surface area contributed by atoms with Gasteiger partial charge in [-0.1, -0.05) is 42.5 Å². The van der Waals surface area contributed by atoms with E-state index in [0.29, 0.717) is 5.56 Å². The molecule has 29 heavy (non-hydrogen) atoms. The van der Waals surface area contributed by atoms with Crippen molar-refractivity contribution >= 4 is 46.1 Å². The van der Waals surface area contributed by atoms with E-state index in [1.54, 1.807) is 12.1 Å². The van der Waals surface area contributed by atoms with Crippen LogP contribution in [0.2, 0.25) is 0 Å². The molecule has 0 radical (unpaired) electrons. The third-order valence-corrected chi connectivity index (χ3v) is 4.54. The molecule has 0 atom stereocenters. The van der Waals surface area contributed by atoms with Gasteiger partial charge in [-0.25, -0.2) is 9.69 Å². The van der Waals surface area contributed by atoms with Crippen LogP contribution in [0.1, 0.15) is 5.56 Å². The number of nitro benzene ring substituents is 1. The van der Waals surface area contributed by atoms with Crippen molar-refractivity contribution < 1.29 is 19.3 Å². The quantitative estimate of drug-likeness (QED) is 0.320. The second-order valence-electron chi connectivity index (χ2n) is 6.30. The lowest BCUT2D eigenvalue weighted by molar-refractivity contribution is -0.384. The number of fused-ring (bicyclic) bond motifs is 1. The molecule has 0 unspecified atom stereocenters. The van der Waals surface area contributed by atoms with Gasteiger partial charge in [0.25, 0.3) is 17.5 Å². The maximum absolute atomic E-state index is 12.9. The third kappa shape index (κ3) is 3.23. The molecule has 142 valence electrons. The molecule has 1 heterocycles. The Morgan fingerprint density at radius 3 is 2.31 bits per heavy atom. The SMILES string of the molecule is O=C1NC(=O)N(c2ccc([N+](=O)[O-])cc2)C(=O)C1=Cc1cccc2ccccc12. The predicted molar refractivity (Wildman–Crippen MR) is 106 cm³/mol. The largest absolute Gasteiger partial charge is 0.335 e. The number of nitrogens with one attached hydrogen (secondary N) is 1. The molecule has 1 N–H and O–H groups in total. The number of hydrogen-bond acceptors (Lipinski definition) is 5. The van der Waals surface area contributed by atoms with Crippen molar-refractivity contribution in [2.24, 2.45) is 0 Å². The van der Waals surface area contributed by atoms with Gasteiger partial charge in [0.2, 0.25) is 0 Å². The highest BCUT2D eigenvalue weighted by atomic mass is 16.6. The van der Waals surface area contributed by atoms with E-state index < -0.39 is 22.8 Å². The summed E-state index contributed by atoms with van der Waals surface area (Å²) in [6, 6.07) is 17.0. The van der Waals surface area contributed by atoms with Crippen LogP contribution in [-0.4, -0.2) is 22.8 Å². The van der Waals surface area contributed by atoms with Crippen molar-refractivity contribution in [1.29, 1.82) is 0 Å². The van der Waals surface area contributed by atoms with Crippen LogP contribution in [0.3, 0.4) is 0 Å². The van der Waals surface area contributed by atoms with Gasteiger partial charge in [-0.3, -0.25) is 25.0 Å². The molecule has 1 aliphatic rings. The smallest absolute Gasteiger partial charge is 0.273 e. The van der Waals surface area contributed by atoms with Crippen molar-refractivity contribution in [2.45, 2.75) is 0 Å². The minimum absolute atomic E-state index is 0.120. The maximum atomic E-state index is 12.9. The van der Waals surface area contributed by atoms with Crippen molar-refractivity contribution in [3.05, 3.63) is 88.0 Å². The van der Waals surface area contributed by atoms with Gasteiger partial charge >= 0.3 is 6.03 Å². The monoisotopic (exact) mass is 387 g/mol. The molecule has 0 saturated carbocycles. The number of benzene rings is 3. The average molecular weight is 387 g/mol. The summed E-state index contributed by atoms with van der Waals surface area (Å²) in [4.78, 5) is 48.6. The van der Waals surface area contributed by atoms with Gasteiger partial charge in [0.15, 0.2) is 0 Å². The molecule has 1 aliphatic heterocycles. The van der Waals surface area contributed by atoms with Gasteiger partial charge in [0.05, 0.1) is 10.6 Å². The van der Waals surface area contributed by atoms with Gasteiger partial charge in [-0.2, -0.15) is 0 Å². The number of urea groups is 1. The first kappa shape index (κ1) is 18.1. The Morgan fingerprint density at radius 2 is 1.59 bits per heavy atom. The van der Waals surface area contributed by atoms with Crippen molar-refractivity contribution in [2.75, 3.05) is 4.90 Å². The van der Waals surface area contributed by atoms with Gasteiger partial charge in [0, 0.05) is 12.1 Å². The fraction of sp³-hybridized carbons (Fsp3) is 0. The highest BCUT2D eigenvalue weighted by molar-refractivity contribution is 6.39. The van der Waals surface area contributed by atoms with E-state index in [1.165, 1.54) is 30.3 Å². The Kier molecular flexibility index (Phi) is 4.36. The Hall–Kier alpha value is -4.33. The van der Waals surface area contributed by atoms with E-state index in [2.05, 4.69) is 5.32 Å². The first-order chi connectivity index (χ1) is 14.0. The molecule has 3 aromatic carbocycles. The summed E-state index contributed by atoms with van der Waals surface area (Å²) in [5, 5.41) is 14.7. The normalized spacial score (nSPS) is 15.7. The zero-order valence-corrected chi connectivity index (χ0v) is 14.9. The summed E-state index contributed by atoms with van der Waals surface area (Å²) >= 11 is 0. The lowest BCUT2D eigenvalue weighted by atomic mass is 10.0. The lowest BCUT2D eigenvalue weighted by Gasteiger charge is -2.26.